The molecule has 0 fully saturated rings. The molecule has 92 valence electrons. The molecule has 16 heavy (non-hydrogen) atoms. The molecule has 0 aromatic rings. The second-order valence-corrected chi connectivity index (χ2v) is 3.40. The van der Waals surface area contributed by atoms with E-state index in [4.69, 9.17) is 5.73 Å². The zero-order chi connectivity index (χ0) is 13.0. The van der Waals surface area contributed by atoms with Crippen LogP contribution in [0.2, 0.25) is 0 Å². The van der Waals surface area contributed by atoms with Crippen LogP contribution >= 0.6 is 0 Å². The van der Waals surface area contributed by atoms with Gasteiger partial charge in [0.15, 0.2) is 0 Å². The van der Waals surface area contributed by atoms with Gasteiger partial charge in [-0.05, 0) is 12.5 Å². The second kappa shape index (κ2) is 11.7. The predicted molar refractivity (Wildman–Crippen MR) is 69.1 cm³/mol. The SMILES string of the molecule is C=C/C=C\C=C(/CC)C(=O)OC.CC(C)N. The number of nitrogens with two attached hydrogens (primary N) is 1. The lowest BCUT2D eigenvalue weighted by Crippen LogP contribution is -2.06. The van der Waals surface area contributed by atoms with Crippen molar-refractivity contribution in [3.05, 3.63) is 36.5 Å². The number of carbonyl (C=O) groups excluding carboxylic acids is 1. The van der Waals surface area contributed by atoms with Crippen LogP contribution in [0.25, 0.3) is 0 Å². The smallest absolute Gasteiger partial charge is 0.333 e. The summed E-state index contributed by atoms with van der Waals surface area (Å²) < 4.78 is 4.57. The third kappa shape index (κ3) is 12.7. The van der Waals surface area contributed by atoms with Crippen molar-refractivity contribution in [3.63, 3.8) is 0 Å². The van der Waals surface area contributed by atoms with Gasteiger partial charge in [0, 0.05) is 5.57 Å². The maximum absolute atomic E-state index is 11.0. The maximum atomic E-state index is 11.0. The molecule has 0 bridgehead atoms. The van der Waals surface area contributed by atoms with E-state index in [1.54, 1.807) is 24.3 Å². The van der Waals surface area contributed by atoms with Gasteiger partial charge in [0.25, 0.3) is 0 Å². The minimum Gasteiger partial charge on any atom is -0.466 e. The van der Waals surface area contributed by atoms with Crippen LogP contribution in [-0.4, -0.2) is 19.1 Å². The average molecular weight is 225 g/mol. The normalized spacial score (nSPS) is 11.0. The molecule has 0 heterocycles. The van der Waals surface area contributed by atoms with Gasteiger partial charge in [-0.2, -0.15) is 0 Å². The van der Waals surface area contributed by atoms with E-state index in [2.05, 4.69) is 11.3 Å². The molecule has 0 aliphatic carbocycles. The number of ether oxygens (including phenoxy) is 1. The zero-order valence-corrected chi connectivity index (χ0v) is 10.7. The molecule has 0 aliphatic rings. The number of hydrogen-bond acceptors (Lipinski definition) is 3. The highest BCUT2D eigenvalue weighted by Gasteiger charge is 2.03. The molecule has 2 N–H and O–H groups in total. The van der Waals surface area contributed by atoms with Crippen molar-refractivity contribution < 1.29 is 9.53 Å². The third-order valence-electron chi connectivity index (χ3n) is 1.37. The molecular weight excluding hydrogens is 202 g/mol. The van der Waals surface area contributed by atoms with E-state index in [0.29, 0.717) is 18.0 Å². The molecule has 0 aromatic carbocycles. The first-order valence-corrected chi connectivity index (χ1v) is 5.31. The molecule has 0 rings (SSSR count). The van der Waals surface area contributed by atoms with Crippen LogP contribution in [0.4, 0.5) is 0 Å². The fourth-order valence-electron chi connectivity index (χ4n) is 0.712. The average Bonchev–Trinajstić information content (AvgIpc) is 2.23. The standard InChI is InChI=1S/C10H14O2.C3H9N/c1-4-6-7-8-9(5-2)10(11)12-3;1-3(2)4/h4,6-8H,1,5H2,2-3H3;3H,4H2,1-2H3/b7-6-,9-8+;. The van der Waals surface area contributed by atoms with Gasteiger partial charge >= 0.3 is 5.97 Å². The fourth-order valence-corrected chi connectivity index (χ4v) is 0.712. The number of methoxy groups -OCH3 is 1. The lowest BCUT2D eigenvalue weighted by atomic mass is 10.2. The highest BCUT2D eigenvalue weighted by Crippen LogP contribution is 2.02. The lowest BCUT2D eigenvalue weighted by Gasteiger charge is -1.98. The van der Waals surface area contributed by atoms with Gasteiger partial charge in [0.2, 0.25) is 0 Å². The quantitative estimate of drug-likeness (QED) is 0.454. The Kier molecular flexibility index (Phi) is 12.5. The number of hydrogen-bond donors (Lipinski definition) is 1. The molecule has 0 amide bonds. The summed E-state index contributed by atoms with van der Waals surface area (Å²) in [6.45, 7) is 9.31. The van der Waals surface area contributed by atoms with Gasteiger partial charge in [-0.3, -0.25) is 0 Å². The Balaban J connectivity index is 0. The summed E-state index contributed by atoms with van der Waals surface area (Å²) in [6, 6.07) is 0.333. The van der Waals surface area contributed by atoms with Crippen molar-refractivity contribution in [2.75, 3.05) is 7.11 Å². The molecule has 0 aliphatic heterocycles. The first-order chi connectivity index (χ1) is 7.49. The summed E-state index contributed by atoms with van der Waals surface area (Å²) in [5.41, 5.74) is 5.77. The van der Waals surface area contributed by atoms with Gasteiger partial charge in [-0.1, -0.05) is 51.7 Å². The topological polar surface area (TPSA) is 52.3 Å². The molecular formula is C13H23NO2. The van der Waals surface area contributed by atoms with E-state index in [0.717, 1.165) is 0 Å². The Morgan fingerprint density at radius 2 is 1.94 bits per heavy atom. The Labute approximate surface area is 98.7 Å². The highest BCUT2D eigenvalue weighted by molar-refractivity contribution is 5.88. The van der Waals surface area contributed by atoms with Gasteiger partial charge < -0.3 is 10.5 Å². The molecule has 0 aromatic heterocycles. The summed E-state index contributed by atoms with van der Waals surface area (Å²) in [5.74, 6) is -0.272. The minimum absolute atomic E-state index is 0.272. The van der Waals surface area contributed by atoms with E-state index in [1.165, 1.54) is 7.11 Å². The molecule has 0 atom stereocenters. The largest absolute Gasteiger partial charge is 0.466 e. The first-order valence-electron chi connectivity index (χ1n) is 5.31. The minimum atomic E-state index is -0.272. The van der Waals surface area contributed by atoms with E-state index in [1.807, 2.05) is 20.8 Å². The number of allylic oxidation sites excluding steroid dienone is 4. The Morgan fingerprint density at radius 3 is 2.25 bits per heavy atom. The van der Waals surface area contributed by atoms with Gasteiger partial charge in [-0.15, -0.1) is 0 Å². The Hall–Kier alpha value is -1.35. The van der Waals surface area contributed by atoms with Crippen LogP contribution in [0.5, 0.6) is 0 Å². The first kappa shape index (κ1) is 17.1. The summed E-state index contributed by atoms with van der Waals surface area (Å²) >= 11 is 0. The number of esters is 1. The summed E-state index contributed by atoms with van der Waals surface area (Å²) in [5, 5.41) is 0. The van der Waals surface area contributed by atoms with Crippen LogP contribution in [0.15, 0.2) is 36.5 Å². The zero-order valence-electron chi connectivity index (χ0n) is 10.7. The Morgan fingerprint density at radius 1 is 1.44 bits per heavy atom. The summed E-state index contributed by atoms with van der Waals surface area (Å²) in [4.78, 5) is 11.0. The van der Waals surface area contributed by atoms with Crippen LogP contribution in [0.1, 0.15) is 27.2 Å². The van der Waals surface area contributed by atoms with Crippen molar-refractivity contribution in [1.29, 1.82) is 0 Å². The van der Waals surface area contributed by atoms with E-state index >= 15 is 0 Å². The van der Waals surface area contributed by atoms with Crippen LogP contribution < -0.4 is 5.73 Å². The summed E-state index contributed by atoms with van der Waals surface area (Å²) in [6.07, 6.45) is 7.59. The van der Waals surface area contributed by atoms with Crippen molar-refractivity contribution in [3.8, 4) is 0 Å². The van der Waals surface area contributed by atoms with Crippen molar-refractivity contribution in [2.45, 2.75) is 33.2 Å². The van der Waals surface area contributed by atoms with Gasteiger partial charge in [0.05, 0.1) is 7.11 Å². The third-order valence-corrected chi connectivity index (χ3v) is 1.37. The highest BCUT2D eigenvalue weighted by atomic mass is 16.5. The number of rotatable bonds is 4. The van der Waals surface area contributed by atoms with Crippen molar-refractivity contribution >= 4 is 5.97 Å². The van der Waals surface area contributed by atoms with E-state index in [-0.39, 0.29) is 5.97 Å². The monoisotopic (exact) mass is 225 g/mol. The van der Waals surface area contributed by atoms with E-state index < -0.39 is 0 Å². The number of carbonyl (C=O) groups is 1. The van der Waals surface area contributed by atoms with E-state index in [9.17, 15) is 4.79 Å². The molecule has 0 saturated carbocycles. The summed E-state index contributed by atoms with van der Waals surface area (Å²) in [7, 11) is 1.38. The van der Waals surface area contributed by atoms with Gasteiger partial charge in [-0.25, -0.2) is 4.79 Å². The second-order valence-electron chi connectivity index (χ2n) is 3.40. The van der Waals surface area contributed by atoms with Crippen LogP contribution in [0.3, 0.4) is 0 Å². The van der Waals surface area contributed by atoms with Crippen molar-refractivity contribution in [1.82, 2.24) is 0 Å². The van der Waals surface area contributed by atoms with Gasteiger partial charge in [0.1, 0.15) is 0 Å². The molecule has 0 unspecified atom stereocenters. The van der Waals surface area contributed by atoms with Crippen LogP contribution in [0, 0.1) is 0 Å². The van der Waals surface area contributed by atoms with Crippen LogP contribution in [-0.2, 0) is 9.53 Å². The molecule has 0 spiro atoms. The molecule has 3 heteroatoms. The predicted octanol–water partition coefficient (Wildman–Crippen LogP) is 2.59. The van der Waals surface area contributed by atoms with Crippen molar-refractivity contribution in [2.24, 2.45) is 5.73 Å². The molecule has 3 nitrogen and oxygen atoms in total. The molecule has 0 radical (unpaired) electrons. The Bertz CT molecular complexity index is 250. The maximum Gasteiger partial charge on any atom is 0.333 e. The fraction of sp³-hybridized carbons (Fsp3) is 0.462. The lowest BCUT2D eigenvalue weighted by molar-refractivity contribution is -0.136. The molecule has 0 saturated heterocycles.